The van der Waals surface area contributed by atoms with Crippen LogP contribution in [0.25, 0.3) is 0 Å². The van der Waals surface area contributed by atoms with Gasteiger partial charge in [0.05, 0.1) is 17.1 Å². The minimum absolute atomic E-state index is 0.0123. The second-order valence-corrected chi connectivity index (χ2v) is 10.3. The van der Waals surface area contributed by atoms with Crippen LogP contribution in [0, 0.1) is 0 Å². The topological polar surface area (TPSA) is 92.8 Å². The fourth-order valence-corrected chi connectivity index (χ4v) is 5.58. The van der Waals surface area contributed by atoms with E-state index in [1.165, 1.54) is 0 Å². The highest BCUT2D eigenvalue weighted by atomic mass is 32.2. The second-order valence-electron chi connectivity index (χ2n) is 8.07. The Morgan fingerprint density at radius 2 is 1.81 bits per heavy atom. The second kappa shape index (κ2) is 10.6. The number of hydrogen-bond donors (Lipinski definition) is 1. The molecule has 0 aromatic heterocycles. The maximum atomic E-state index is 13.0. The van der Waals surface area contributed by atoms with Gasteiger partial charge in [-0.05, 0) is 37.5 Å². The summed E-state index contributed by atoms with van der Waals surface area (Å²) in [6.45, 7) is 3.99. The molecule has 2 aromatic rings. The molecule has 3 rings (SSSR count). The fourth-order valence-electron chi connectivity index (χ4n) is 3.87. The standard InChI is InChI=1S/C24H30N2O5S/c1-3-18(2)26(20-13-14-32(29,30)17-20)23(27)16-31-22-12-8-7-11-21(22)24(28)25-15-19-9-5-4-6-10-19/h4-12,18,20H,3,13-17H2,1-2H3,(H,25,28)/t18-,20+/m0/s1. The van der Waals surface area contributed by atoms with Crippen LogP contribution in [0.4, 0.5) is 0 Å². The molecule has 2 atom stereocenters. The lowest BCUT2D eigenvalue weighted by Gasteiger charge is -2.33. The van der Waals surface area contributed by atoms with Gasteiger partial charge in [0, 0.05) is 18.6 Å². The first-order valence-corrected chi connectivity index (χ1v) is 12.7. The normalized spacial score (nSPS) is 18.0. The average Bonchev–Trinajstić information content (AvgIpc) is 3.15. The number of amides is 2. The number of para-hydroxylation sites is 1. The molecule has 8 heteroatoms. The van der Waals surface area contributed by atoms with E-state index in [0.717, 1.165) is 5.56 Å². The van der Waals surface area contributed by atoms with E-state index in [0.29, 0.717) is 30.7 Å². The molecule has 32 heavy (non-hydrogen) atoms. The van der Waals surface area contributed by atoms with Gasteiger partial charge in [-0.3, -0.25) is 9.59 Å². The SMILES string of the molecule is CC[C@H](C)N(C(=O)COc1ccccc1C(=O)NCc1ccccc1)[C@@H]1CCS(=O)(=O)C1. The predicted molar refractivity (Wildman–Crippen MR) is 123 cm³/mol. The zero-order chi connectivity index (χ0) is 23.1. The molecule has 1 aliphatic heterocycles. The number of nitrogens with zero attached hydrogens (tertiary/aromatic N) is 1. The lowest BCUT2D eigenvalue weighted by atomic mass is 10.1. The van der Waals surface area contributed by atoms with Crippen molar-refractivity contribution in [1.29, 1.82) is 0 Å². The maximum absolute atomic E-state index is 13.0. The molecule has 0 aliphatic carbocycles. The lowest BCUT2D eigenvalue weighted by molar-refractivity contribution is -0.137. The minimum Gasteiger partial charge on any atom is -0.483 e. The molecule has 1 aliphatic rings. The van der Waals surface area contributed by atoms with Gasteiger partial charge < -0.3 is 15.0 Å². The zero-order valence-corrected chi connectivity index (χ0v) is 19.3. The van der Waals surface area contributed by atoms with Crippen LogP contribution in [0.1, 0.15) is 42.6 Å². The molecule has 0 spiro atoms. The van der Waals surface area contributed by atoms with E-state index in [2.05, 4.69) is 5.32 Å². The fraction of sp³-hybridized carbons (Fsp3) is 0.417. The zero-order valence-electron chi connectivity index (χ0n) is 18.5. The Kier molecular flexibility index (Phi) is 7.90. The highest BCUT2D eigenvalue weighted by Crippen LogP contribution is 2.23. The van der Waals surface area contributed by atoms with E-state index < -0.39 is 9.84 Å². The molecule has 1 N–H and O–H groups in total. The Balaban J connectivity index is 1.66. The van der Waals surface area contributed by atoms with Crippen LogP contribution in [0.3, 0.4) is 0 Å². The molecule has 7 nitrogen and oxygen atoms in total. The maximum Gasteiger partial charge on any atom is 0.261 e. The Morgan fingerprint density at radius 1 is 1.12 bits per heavy atom. The predicted octanol–water partition coefficient (Wildman–Crippen LogP) is 2.81. The Bertz CT molecular complexity index is 1040. The molecule has 0 radical (unpaired) electrons. The molecule has 2 amide bonds. The number of nitrogens with one attached hydrogen (secondary N) is 1. The molecule has 0 unspecified atom stereocenters. The average molecular weight is 459 g/mol. The molecule has 0 saturated carbocycles. The smallest absolute Gasteiger partial charge is 0.261 e. The van der Waals surface area contributed by atoms with E-state index >= 15 is 0 Å². The highest BCUT2D eigenvalue weighted by Gasteiger charge is 2.36. The number of rotatable bonds is 9. The van der Waals surface area contributed by atoms with Crippen LogP contribution < -0.4 is 10.1 Å². The van der Waals surface area contributed by atoms with Crippen LogP contribution in [0.5, 0.6) is 5.75 Å². The number of carbonyl (C=O) groups is 2. The summed E-state index contributed by atoms with van der Waals surface area (Å²) in [6.07, 6.45) is 1.15. The number of hydrogen-bond acceptors (Lipinski definition) is 5. The van der Waals surface area contributed by atoms with Gasteiger partial charge in [0.25, 0.3) is 11.8 Å². The molecule has 172 valence electrons. The summed E-state index contributed by atoms with van der Waals surface area (Å²) < 4.78 is 29.6. The Labute approximate surface area is 189 Å². The van der Waals surface area contributed by atoms with Gasteiger partial charge >= 0.3 is 0 Å². The lowest BCUT2D eigenvalue weighted by Crippen LogP contribution is -2.48. The first kappa shape index (κ1) is 23.8. The number of sulfone groups is 1. The monoisotopic (exact) mass is 458 g/mol. The van der Waals surface area contributed by atoms with Gasteiger partial charge in [0.2, 0.25) is 0 Å². The molecule has 1 fully saturated rings. The van der Waals surface area contributed by atoms with Crippen LogP contribution >= 0.6 is 0 Å². The molecule has 0 bridgehead atoms. The van der Waals surface area contributed by atoms with Gasteiger partial charge in [-0.15, -0.1) is 0 Å². The summed E-state index contributed by atoms with van der Waals surface area (Å²) in [4.78, 5) is 27.4. The third kappa shape index (κ3) is 6.09. The molecular weight excluding hydrogens is 428 g/mol. The van der Waals surface area contributed by atoms with Crippen molar-refractivity contribution in [1.82, 2.24) is 10.2 Å². The van der Waals surface area contributed by atoms with Crippen LogP contribution in [-0.4, -0.2) is 55.3 Å². The van der Waals surface area contributed by atoms with Crippen molar-refractivity contribution in [2.24, 2.45) is 0 Å². The van der Waals surface area contributed by atoms with Crippen LogP contribution in [0.15, 0.2) is 54.6 Å². The van der Waals surface area contributed by atoms with E-state index in [1.54, 1.807) is 29.2 Å². The molecule has 2 aromatic carbocycles. The van der Waals surface area contributed by atoms with Crippen molar-refractivity contribution in [2.45, 2.75) is 45.3 Å². The van der Waals surface area contributed by atoms with E-state index in [4.69, 9.17) is 4.74 Å². The Morgan fingerprint density at radius 3 is 2.47 bits per heavy atom. The van der Waals surface area contributed by atoms with Gasteiger partial charge in [-0.2, -0.15) is 0 Å². The van der Waals surface area contributed by atoms with E-state index in [1.807, 2.05) is 44.2 Å². The van der Waals surface area contributed by atoms with Crippen molar-refractivity contribution in [2.75, 3.05) is 18.1 Å². The van der Waals surface area contributed by atoms with Gasteiger partial charge in [0.15, 0.2) is 16.4 Å². The molecule has 1 heterocycles. The summed E-state index contributed by atoms with van der Waals surface area (Å²) in [6, 6.07) is 15.9. The highest BCUT2D eigenvalue weighted by molar-refractivity contribution is 7.91. The van der Waals surface area contributed by atoms with Crippen molar-refractivity contribution < 1.29 is 22.7 Å². The summed E-state index contributed by atoms with van der Waals surface area (Å²) in [5.74, 6) is -0.168. The van der Waals surface area contributed by atoms with Gasteiger partial charge in [-0.1, -0.05) is 49.4 Å². The van der Waals surface area contributed by atoms with Crippen molar-refractivity contribution in [3.05, 3.63) is 65.7 Å². The van der Waals surface area contributed by atoms with E-state index in [-0.39, 0.29) is 42.0 Å². The minimum atomic E-state index is -3.12. The third-order valence-electron chi connectivity index (χ3n) is 5.73. The number of benzene rings is 2. The molecule has 1 saturated heterocycles. The van der Waals surface area contributed by atoms with Crippen molar-refractivity contribution in [3.8, 4) is 5.75 Å². The summed E-state index contributed by atoms with van der Waals surface area (Å²) >= 11 is 0. The quantitative estimate of drug-likeness (QED) is 0.624. The summed E-state index contributed by atoms with van der Waals surface area (Å²) in [7, 11) is -3.12. The largest absolute Gasteiger partial charge is 0.483 e. The van der Waals surface area contributed by atoms with Crippen molar-refractivity contribution in [3.63, 3.8) is 0 Å². The van der Waals surface area contributed by atoms with Gasteiger partial charge in [-0.25, -0.2) is 8.42 Å². The third-order valence-corrected chi connectivity index (χ3v) is 7.48. The van der Waals surface area contributed by atoms with Gasteiger partial charge in [0.1, 0.15) is 5.75 Å². The number of carbonyl (C=O) groups excluding carboxylic acids is 2. The van der Waals surface area contributed by atoms with E-state index in [9.17, 15) is 18.0 Å². The number of ether oxygens (including phenoxy) is 1. The first-order valence-electron chi connectivity index (χ1n) is 10.9. The summed E-state index contributed by atoms with van der Waals surface area (Å²) in [5, 5.41) is 2.87. The van der Waals surface area contributed by atoms with Crippen LogP contribution in [0.2, 0.25) is 0 Å². The van der Waals surface area contributed by atoms with Crippen molar-refractivity contribution >= 4 is 21.7 Å². The van der Waals surface area contributed by atoms with Crippen LogP contribution in [-0.2, 0) is 21.2 Å². The Hall–Kier alpha value is -2.87. The first-order chi connectivity index (χ1) is 15.3. The molecular formula is C24H30N2O5S. The summed E-state index contributed by atoms with van der Waals surface area (Å²) in [5.41, 5.74) is 1.32.